The van der Waals surface area contributed by atoms with E-state index < -0.39 is 41.8 Å². The summed E-state index contributed by atoms with van der Waals surface area (Å²) in [5, 5.41) is 8.26. The van der Waals surface area contributed by atoms with E-state index in [-0.39, 0.29) is 31.8 Å². The number of nitrogens with two attached hydrogens (primary N) is 3. The number of carbonyl (C=O) groups excluding carboxylic acids is 4. The highest BCUT2D eigenvalue weighted by atomic mass is 16.2. The van der Waals surface area contributed by atoms with Crippen molar-refractivity contribution in [1.82, 2.24) is 25.9 Å². The molecule has 234 valence electrons. The van der Waals surface area contributed by atoms with Crippen LogP contribution in [0.25, 0.3) is 11.0 Å². The molecule has 3 aromatic carbocycles. The first-order chi connectivity index (χ1) is 21.7. The van der Waals surface area contributed by atoms with Crippen LogP contribution in [0, 0.1) is 0 Å². The van der Waals surface area contributed by atoms with Gasteiger partial charge < -0.3 is 38.1 Å². The number of benzene rings is 3. The Morgan fingerprint density at radius 1 is 0.756 bits per heavy atom. The minimum absolute atomic E-state index is 0.101. The Morgan fingerprint density at radius 3 is 1.98 bits per heavy atom. The highest BCUT2D eigenvalue weighted by Gasteiger charge is 2.29. The molecular formula is C32H37N9O4. The van der Waals surface area contributed by atoms with Crippen LogP contribution in [0.5, 0.6) is 0 Å². The van der Waals surface area contributed by atoms with Gasteiger partial charge in [-0.15, -0.1) is 0 Å². The van der Waals surface area contributed by atoms with Crippen molar-refractivity contribution in [3.63, 3.8) is 0 Å². The Balaban J connectivity index is 1.53. The van der Waals surface area contributed by atoms with Gasteiger partial charge in [0.1, 0.15) is 18.1 Å². The lowest BCUT2D eigenvalue weighted by Crippen LogP contribution is -2.57. The van der Waals surface area contributed by atoms with Crippen molar-refractivity contribution in [1.29, 1.82) is 0 Å². The van der Waals surface area contributed by atoms with E-state index in [1.807, 2.05) is 60.7 Å². The summed E-state index contributed by atoms with van der Waals surface area (Å²) in [6, 6.07) is 20.1. The molecule has 4 aromatic rings. The summed E-state index contributed by atoms with van der Waals surface area (Å²) in [5.74, 6) is -2.50. The van der Waals surface area contributed by atoms with Gasteiger partial charge in [0.15, 0.2) is 5.96 Å². The number of primary amides is 1. The molecule has 1 heterocycles. The Hall–Kier alpha value is -5.72. The first-order valence-corrected chi connectivity index (χ1v) is 14.5. The standard InChI is InChI=1S/C32H37N9O4/c33-28(42)26(16-20-8-3-1-4-9-20)40-30(44)24(12-7-15-36-32(34)35)39-31(45)27(17-21-10-5-2-6-11-21)41-29(43)22-13-14-23-25(18-22)38-19-37-23/h1-6,8-11,13-14,18-19,24,26-27H,7,12,15-17H2,(H2,33,42)(H,37,38)(H,39,45)(H,40,44)(H,41,43)(H4,34,35,36)/t24-,26-,27-/m0/s1. The molecule has 0 fully saturated rings. The van der Waals surface area contributed by atoms with Crippen LogP contribution in [0.2, 0.25) is 0 Å². The zero-order valence-electron chi connectivity index (χ0n) is 24.6. The fourth-order valence-corrected chi connectivity index (χ4v) is 4.77. The minimum atomic E-state index is -1.08. The van der Waals surface area contributed by atoms with E-state index >= 15 is 0 Å². The number of nitrogens with zero attached hydrogens (tertiary/aromatic N) is 2. The zero-order chi connectivity index (χ0) is 32.2. The second kappa shape index (κ2) is 15.7. The average molecular weight is 612 g/mol. The minimum Gasteiger partial charge on any atom is -0.370 e. The molecule has 1 aromatic heterocycles. The molecule has 10 N–H and O–H groups in total. The van der Waals surface area contributed by atoms with Crippen LogP contribution in [0.3, 0.4) is 0 Å². The molecule has 4 rings (SSSR count). The molecule has 0 aliphatic rings. The van der Waals surface area contributed by atoms with Crippen molar-refractivity contribution in [3.05, 3.63) is 102 Å². The summed E-state index contributed by atoms with van der Waals surface area (Å²) in [7, 11) is 0. The number of rotatable bonds is 15. The van der Waals surface area contributed by atoms with Gasteiger partial charge in [-0.05, 0) is 42.2 Å². The van der Waals surface area contributed by atoms with E-state index in [9.17, 15) is 19.2 Å². The number of aromatic amines is 1. The van der Waals surface area contributed by atoms with Crippen LogP contribution in [-0.4, -0.2) is 64.2 Å². The van der Waals surface area contributed by atoms with Crippen molar-refractivity contribution in [3.8, 4) is 0 Å². The fraction of sp³-hybridized carbons (Fsp3) is 0.250. The summed E-state index contributed by atoms with van der Waals surface area (Å²) in [5.41, 5.74) is 19.8. The number of nitrogens with one attached hydrogen (secondary N) is 4. The second-order valence-corrected chi connectivity index (χ2v) is 10.5. The van der Waals surface area contributed by atoms with Crippen LogP contribution in [0.4, 0.5) is 0 Å². The van der Waals surface area contributed by atoms with Crippen molar-refractivity contribution >= 4 is 40.6 Å². The third-order valence-corrected chi connectivity index (χ3v) is 7.11. The lowest BCUT2D eigenvalue weighted by Gasteiger charge is -2.25. The van der Waals surface area contributed by atoms with E-state index in [0.717, 1.165) is 11.1 Å². The molecule has 0 unspecified atom stereocenters. The molecule has 0 aliphatic heterocycles. The first kappa shape index (κ1) is 32.2. The van der Waals surface area contributed by atoms with Crippen molar-refractivity contribution in [2.45, 2.75) is 43.8 Å². The summed E-state index contributed by atoms with van der Waals surface area (Å²) in [4.78, 5) is 64.0. The quantitative estimate of drug-likeness (QED) is 0.0577. The number of aliphatic imine (C=N–C) groups is 1. The van der Waals surface area contributed by atoms with Gasteiger partial charge in [0.25, 0.3) is 5.91 Å². The van der Waals surface area contributed by atoms with Crippen LogP contribution in [0.15, 0.2) is 90.2 Å². The Bertz CT molecular complexity index is 1640. The van der Waals surface area contributed by atoms with Crippen LogP contribution >= 0.6 is 0 Å². The second-order valence-electron chi connectivity index (χ2n) is 10.5. The number of hydrogen-bond donors (Lipinski definition) is 7. The molecule has 13 nitrogen and oxygen atoms in total. The maximum Gasteiger partial charge on any atom is 0.252 e. The predicted octanol–water partition coefficient (Wildman–Crippen LogP) is 0.655. The van der Waals surface area contributed by atoms with E-state index in [1.165, 1.54) is 6.33 Å². The smallest absolute Gasteiger partial charge is 0.252 e. The number of fused-ring (bicyclic) bond motifs is 1. The Labute approximate surface area is 260 Å². The van der Waals surface area contributed by atoms with E-state index in [0.29, 0.717) is 23.0 Å². The first-order valence-electron chi connectivity index (χ1n) is 14.5. The molecule has 3 atom stereocenters. The lowest BCUT2D eigenvalue weighted by molar-refractivity contribution is -0.132. The van der Waals surface area contributed by atoms with Gasteiger partial charge in [0.05, 0.1) is 17.4 Å². The van der Waals surface area contributed by atoms with Gasteiger partial charge in [-0.1, -0.05) is 60.7 Å². The SMILES string of the molecule is NC(=O)[C@H](Cc1ccccc1)NC(=O)[C@H](CCCN=C(N)N)NC(=O)[C@H](Cc1ccccc1)NC(=O)c1ccc2nc[nH]c2c1. The Kier molecular flexibility index (Phi) is 11.2. The van der Waals surface area contributed by atoms with Crippen molar-refractivity contribution in [2.75, 3.05) is 6.54 Å². The summed E-state index contributed by atoms with van der Waals surface area (Å²) in [6.45, 7) is 0.214. The van der Waals surface area contributed by atoms with Crippen LogP contribution in [0.1, 0.15) is 34.3 Å². The number of H-pyrrole nitrogens is 1. The Morgan fingerprint density at radius 2 is 1.36 bits per heavy atom. The molecule has 0 aliphatic carbocycles. The normalized spacial score (nSPS) is 12.8. The molecule has 0 radical (unpaired) electrons. The van der Waals surface area contributed by atoms with Crippen LogP contribution in [-0.2, 0) is 27.2 Å². The largest absolute Gasteiger partial charge is 0.370 e. The molecule has 4 amide bonds. The van der Waals surface area contributed by atoms with Crippen molar-refractivity contribution in [2.24, 2.45) is 22.2 Å². The summed E-state index contributed by atoms with van der Waals surface area (Å²) < 4.78 is 0. The molecule has 0 bridgehead atoms. The molecule has 13 heteroatoms. The molecular weight excluding hydrogens is 574 g/mol. The maximum atomic E-state index is 13.8. The van der Waals surface area contributed by atoms with Gasteiger partial charge in [-0.25, -0.2) is 4.98 Å². The third-order valence-electron chi connectivity index (χ3n) is 7.11. The molecule has 45 heavy (non-hydrogen) atoms. The highest BCUT2D eigenvalue weighted by Crippen LogP contribution is 2.13. The number of guanidine groups is 1. The topological polar surface area (TPSA) is 223 Å². The van der Waals surface area contributed by atoms with Gasteiger partial charge >= 0.3 is 0 Å². The van der Waals surface area contributed by atoms with E-state index in [4.69, 9.17) is 17.2 Å². The third kappa shape index (κ3) is 9.64. The van der Waals surface area contributed by atoms with Crippen molar-refractivity contribution < 1.29 is 19.2 Å². The van der Waals surface area contributed by atoms with Crippen LogP contribution < -0.4 is 33.2 Å². The number of carbonyl (C=O) groups is 4. The summed E-state index contributed by atoms with van der Waals surface area (Å²) in [6.07, 6.45) is 2.34. The lowest BCUT2D eigenvalue weighted by atomic mass is 10.0. The van der Waals surface area contributed by atoms with Gasteiger partial charge in [0.2, 0.25) is 17.7 Å². The average Bonchev–Trinajstić information content (AvgIpc) is 3.50. The monoisotopic (exact) mass is 611 g/mol. The molecule has 0 saturated heterocycles. The number of aromatic nitrogens is 2. The number of hydrogen-bond acceptors (Lipinski definition) is 6. The number of imidazole rings is 1. The number of amides is 4. The van der Waals surface area contributed by atoms with Gasteiger partial charge in [-0.2, -0.15) is 0 Å². The molecule has 0 saturated carbocycles. The van der Waals surface area contributed by atoms with Gasteiger partial charge in [-0.3, -0.25) is 24.2 Å². The predicted molar refractivity (Wildman–Crippen MR) is 171 cm³/mol. The summed E-state index contributed by atoms with van der Waals surface area (Å²) >= 11 is 0. The van der Waals surface area contributed by atoms with E-state index in [1.54, 1.807) is 18.2 Å². The fourth-order valence-electron chi connectivity index (χ4n) is 4.77. The maximum absolute atomic E-state index is 13.8. The highest BCUT2D eigenvalue weighted by molar-refractivity contribution is 6.00. The zero-order valence-corrected chi connectivity index (χ0v) is 24.6. The van der Waals surface area contributed by atoms with E-state index in [2.05, 4.69) is 30.9 Å². The molecule has 0 spiro atoms. The van der Waals surface area contributed by atoms with Gasteiger partial charge in [0, 0.05) is 24.9 Å².